The number of halogens is 5. The molecule has 0 saturated carbocycles. The lowest BCUT2D eigenvalue weighted by atomic mass is 9.85. The van der Waals surface area contributed by atoms with Crippen LogP contribution in [0.25, 0.3) is 0 Å². The second kappa shape index (κ2) is 5.06. The van der Waals surface area contributed by atoms with Crippen molar-refractivity contribution in [1.82, 2.24) is 5.32 Å². The molecule has 1 aromatic carbocycles. The number of alkyl halides is 5. The van der Waals surface area contributed by atoms with Gasteiger partial charge in [0, 0.05) is 11.1 Å². The van der Waals surface area contributed by atoms with Crippen molar-refractivity contribution in [2.24, 2.45) is 0 Å². The fourth-order valence-corrected chi connectivity index (χ4v) is 2.47. The number of aliphatic hydroxyl groups is 1. The molecular formula is C14H16F5NO2. The summed E-state index contributed by atoms with van der Waals surface area (Å²) in [5, 5.41) is 12.9. The van der Waals surface area contributed by atoms with Crippen LogP contribution in [0.15, 0.2) is 18.2 Å². The van der Waals surface area contributed by atoms with Crippen molar-refractivity contribution >= 4 is 0 Å². The van der Waals surface area contributed by atoms with Crippen molar-refractivity contribution in [3.8, 4) is 5.75 Å². The smallest absolute Gasteiger partial charge is 0.458 e. The fourth-order valence-electron chi connectivity index (χ4n) is 2.47. The van der Waals surface area contributed by atoms with Crippen LogP contribution < -0.4 is 10.1 Å². The monoisotopic (exact) mass is 325 g/mol. The Kier molecular flexibility index (Phi) is 3.90. The molecule has 1 aliphatic rings. The first-order chi connectivity index (χ1) is 9.91. The molecule has 124 valence electrons. The number of ether oxygens (including phenoxy) is 1. The van der Waals surface area contributed by atoms with Crippen LogP contribution in [-0.4, -0.2) is 30.0 Å². The third-order valence-corrected chi connectivity index (χ3v) is 3.78. The van der Waals surface area contributed by atoms with E-state index in [0.29, 0.717) is 6.07 Å². The number of aliphatic hydroxyl groups excluding tert-OH is 1. The second-order valence-corrected chi connectivity index (χ2v) is 5.74. The SMILES string of the molecule is CN[C@H]1c2cc(C(F)(F)C(F)(F)F)ccc2OC(C)(C)[C@@H]1O. The summed E-state index contributed by atoms with van der Waals surface area (Å²) < 4.78 is 69.9. The number of benzene rings is 1. The molecule has 0 amide bonds. The maximum absolute atomic E-state index is 13.5. The quantitative estimate of drug-likeness (QED) is 0.821. The molecule has 2 rings (SSSR count). The van der Waals surface area contributed by atoms with E-state index in [2.05, 4.69) is 5.32 Å². The van der Waals surface area contributed by atoms with E-state index in [4.69, 9.17) is 4.74 Å². The molecule has 3 nitrogen and oxygen atoms in total. The Hall–Kier alpha value is -1.41. The number of hydrogen-bond acceptors (Lipinski definition) is 3. The van der Waals surface area contributed by atoms with Gasteiger partial charge in [-0.2, -0.15) is 22.0 Å². The summed E-state index contributed by atoms with van der Waals surface area (Å²) in [4.78, 5) is 0. The maximum Gasteiger partial charge on any atom is 0.458 e. The van der Waals surface area contributed by atoms with E-state index in [0.717, 1.165) is 12.1 Å². The van der Waals surface area contributed by atoms with Gasteiger partial charge in [-0.15, -0.1) is 0 Å². The number of nitrogens with one attached hydrogen (secondary N) is 1. The number of fused-ring (bicyclic) bond motifs is 1. The van der Waals surface area contributed by atoms with Crippen LogP contribution >= 0.6 is 0 Å². The van der Waals surface area contributed by atoms with Gasteiger partial charge in [0.1, 0.15) is 17.5 Å². The van der Waals surface area contributed by atoms with Gasteiger partial charge in [0.05, 0.1) is 6.04 Å². The summed E-state index contributed by atoms with van der Waals surface area (Å²) in [7, 11) is 1.48. The second-order valence-electron chi connectivity index (χ2n) is 5.74. The van der Waals surface area contributed by atoms with Crippen LogP contribution in [0.2, 0.25) is 0 Å². The lowest BCUT2D eigenvalue weighted by Crippen LogP contribution is -2.52. The average molecular weight is 325 g/mol. The van der Waals surface area contributed by atoms with E-state index in [1.807, 2.05) is 0 Å². The van der Waals surface area contributed by atoms with Gasteiger partial charge in [0.2, 0.25) is 0 Å². The van der Waals surface area contributed by atoms with Crippen LogP contribution in [0.5, 0.6) is 5.75 Å². The van der Waals surface area contributed by atoms with Crippen LogP contribution in [-0.2, 0) is 5.92 Å². The summed E-state index contributed by atoms with van der Waals surface area (Å²) >= 11 is 0. The first kappa shape index (κ1) is 17.0. The molecule has 0 spiro atoms. The highest BCUT2D eigenvalue weighted by molar-refractivity contribution is 5.44. The zero-order valence-electron chi connectivity index (χ0n) is 12.1. The Morgan fingerprint density at radius 1 is 1.18 bits per heavy atom. The van der Waals surface area contributed by atoms with Crippen molar-refractivity contribution in [3.63, 3.8) is 0 Å². The maximum atomic E-state index is 13.5. The van der Waals surface area contributed by atoms with Crippen molar-refractivity contribution in [1.29, 1.82) is 0 Å². The summed E-state index contributed by atoms with van der Waals surface area (Å²) in [5.74, 6) is -4.81. The van der Waals surface area contributed by atoms with Crippen molar-refractivity contribution in [2.75, 3.05) is 7.05 Å². The standard InChI is InChI=1S/C14H16F5NO2/c1-12(2)11(21)10(20-3)8-6-7(4-5-9(8)22-12)13(15,16)14(17,18)19/h4-6,10-11,20-21H,1-3H3/t10-,11+/m0/s1. The van der Waals surface area contributed by atoms with E-state index >= 15 is 0 Å². The van der Waals surface area contributed by atoms with Gasteiger partial charge in [-0.1, -0.05) is 0 Å². The van der Waals surface area contributed by atoms with E-state index in [1.165, 1.54) is 7.05 Å². The Morgan fingerprint density at radius 3 is 2.27 bits per heavy atom. The lowest BCUT2D eigenvalue weighted by Gasteiger charge is -2.42. The summed E-state index contributed by atoms with van der Waals surface area (Å²) in [5.41, 5.74) is -2.13. The number of rotatable bonds is 2. The summed E-state index contributed by atoms with van der Waals surface area (Å²) in [6.45, 7) is 3.20. The van der Waals surface area contributed by atoms with Crippen molar-refractivity contribution < 1.29 is 31.8 Å². The molecule has 2 atom stereocenters. The molecule has 22 heavy (non-hydrogen) atoms. The summed E-state index contributed by atoms with van der Waals surface area (Å²) in [6, 6.07) is 1.67. The van der Waals surface area contributed by atoms with E-state index < -0.39 is 35.4 Å². The molecule has 1 aromatic rings. The molecule has 1 aliphatic heterocycles. The van der Waals surface area contributed by atoms with Gasteiger partial charge in [-0.25, -0.2) is 0 Å². The van der Waals surface area contributed by atoms with Gasteiger partial charge in [-0.3, -0.25) is 0 Å². The highest BCUT2D eigenvalue weighted by Crippen LogP contribution is 2.47. The molecular weight excluding hydrogens is 309 g/mol. The molecule has 0 aliphatic carbocycles. The Morgan fingerprint density at radius 2 is 1.77 bits per heavy atom. The Balaban J connectivity index is 2.54. The van der Waals surface area contributed by atoms with Crippen molar-refractivity contribution in [2.45, 2.75) is 43.7 Å². The van der Waals surface area contributed by atoms with E-state index in [1.54, 1.807) is 13.8 Å². The van der Waals surface area contributed by atoms with Crippen molar-refractivity contribution in [3.05, 3.63) is 29.3 Å². The van der Waals surface area contributed by atoms with Gasteiger partial charge in [0.15, 0.2) is 0 Å². The molecule has 0 unspecified atom stereocenters. The number of likely N-dealkylation sites (N-methyl/N-ethyl adjacent to an activating group) is 1. The highest BCUT2D eigenvalue weighted by atomic mass is 19.4. The topological polar surface area (TPSA) is 41.5 Å². The van der Waals surface area contributed by atoms with Gasteiger partial charge in [-0.05, 0) is 39.1 Å². The first-order valence-corrected chi connectivity index (χ1v) is 6.55. The normalized spacial score (nSPS) is 24.6. The van der Waals surface area contributed by atoms with Crippen LogP contribution in [0.4, 0.5) is 22.0 Å². The average Bonchev–Trinajstić information content (AvgIpc) is 2.38. The van der Waals surface area contributed by atoms with Crippen LogP contribution in [0.3, 0.4) is 0 Å². The lowest BCUT2D eigenvalue weighted by molar-refractivity contribution is -0.289. The van der Waals surface area contributed by atoms with Crippen LogP contribution in [0, 0.1) is 0 Å². The minimum atomic E-state index is -5.69. The summed E-state index contributed by atoms with van der Waals surface area (Å²) in [6.07, 6.45) is -6.80. The molecule has 0 radical (unpaired) electrons. The zero-order chi connectivity index (χ0) is 16.9. The van der Waals surface area contributed by atoms with E-state index in [-0.39, 0.29) is 11.3 Å². The molecule has 8 heteroatoms. The van der Waals surface area contributed by atoms with E-state index in [9.17, 15) is 27.1 Å². The highest BCUT2D eigenvalue weighted by Gasteiger charge is 2.59. The van der Waals surface area contributed by atoms with Crippen LogP contribution in [0.1, 0.15) is 31.0 Å². The van der Waals surface area contributed by atoms with Gasteiger partial charge < -0.3 is 15.2 Å². The third-order valence-electron chi connectivity index (χ3n) is 3.78. The van der Waals surface area contributed by atoms with Gasteiger partial charge >= 0.3 is 12.1 Å². The Bertz CT molecular complexity index is 571. The minimum Gasteiger partial charge on any atom is -0.485 e. The number of hydrogen-bond donors (Lipinski definition) is 2. The molecule has 0 aromatic heterocycles. The minimum absolute atomic E-state index is 0.0655. The molecule has 0 saturated heterocycles. The molecule has 0 bridgehead atoms. The molecule has 1 heterocycles. The zero-order valence-corrected chi connectivity index (χ0v) is 12.1. The molecule has 2 N–H and O–H groups in total. The molecule has 0 fully saturated rings. The largest absolute Gasteiger partial charge is 0.485 e. The predicted octanol–water partition coefficient (Wildman–Crippen LogP) is 3.13. The fraction of sp³-hybridized carbons (Fsp3) is 0.571. The third kappa shape index (κ3) is 2.54. The van der Waals surface area contributed by atoms with Gasteiger partial charge in [0.25, 0.3) is 0 Å². The first-order valence-electron chi connectivity index (χ1n) is 6.55. The Labute approximate surface area is 124 Å². The predicted molar refractivity (Wildman–Crippen MR) is 68.9 cm³/mol.